The van der Waals surface area contributed by atoms with E-state index >= 15 is 0 Å². The molecule has 222 valence electrons. The number of carbonyl (C=O) groups is 1. The quantitative estimate of drug-likeness (QED) is 0.218. The molecule has 0 unspecified atom stereocenters. The van der Waals surface area contributed by atoms with E-state index < -0.39 is 22.4 Å². The number of H-pyrrole nitrogens is 1. The Morgan fingerprint density at radius 1 is 1.07 bits per heavy atom. The summed E-state index contributed by atoms with van der Waals surface area (Å²) in [5, 5.41) is 9.52. The molecule has 0 bridgehead atoms. The number of fused-ring (bicyclic) bond motifs is 6. The van der Waals surface area contributed by atoms with Crippen LogP contribution >= 0.6 is 23.7 Å². The predicted molar refractivity (Wildman–Crippen MR) is 169 cm³/mol. The zero-order valence-electron chi connectivity index (χ0n) is 23.1. The second kappa shape index (κ2) is 11.6. The number of benzene rings is 2. The number of anilines is 2. The van der Waals surface area contributed by atoms with Crippen molar-refractivity contribution >= 4 is 51.3 Å². The van der Waals surface area contributed by atoms with E-state index in [-0.39, 0.29) is 23.9 Å². The number of aryl methyl sites for hydroxylation is 2. The maximum atomic E-state index is 12.4. The Hall–Kier alpha value is -4.52. The summed E-state index contributed by atoms with van der Waals surface area (Å²) in [6, 6.07) is 12.0. The molecule has 3 heterocycles. The third kappa shape index (κ3) is 5.18. The first kappa shape index (κ1) is 30.0. The fraction of sp³-hybridized carbons (Fsp3) is 0.233. The highest BCUT2D eigenvalue weighted by Crippen LogP contribution is 2.43. The first-order valence-corrected chi connectivity index (χ1v) is 14.1. The molecule has 0 amide bonds. The molecule has 0 spiro atoms. The summed E-state index contributed by atoms with van der Waals surface area (Å²) in [6.45, 7) is 1.82. The smallest absolute Gasteiger partial charge is 0.372 e. The number of hydrogen-bond acceptors (Lipinski definition) is 10. The molecule has 11 nitrogen and oxygen atoms in total. The van der Waals surface area contributed by atoms with Crippen molar-refractivity contribution in [1.82, 2.24) is 9.97 Å². The summed E-state index contributed by atoms with van der Waals surface area (Å²) >= 11 is 1.39. The minimum Gasteiger partial charge on any atom is -0.497 e. The van der Waals surface area contributed by atoms with Crippen LogP contribution in [0.4, 0.5) is 11.4 Å². The number of nitrogen functional groups attached to an aromatic ring is 1. The van der Waals surface area contributed by atoms with Crippen LogP contribution in [0, 0.1) is 0 Å². The minimum absolute atomic E-state index is 0. The number of carboxylic acid groups (broad SMARTS) is 1. The van der Waals surface area contributed by atoms with E-state index in [1.807, 2.05) is 29.2 Å². The van der Waals surface area contributed by atoms with Gasteiger partial charge in [0.1, 0.15) is 22.0 Å². The summed E-state index contributed by atoms with van der Waals surface area (Å²) in [5.41, 5.74) is 16.8. The monoisotopic (exact) mass is 621 g/mol. The highest BCUT2D eigenvalue weighted by molar-refractivity contribution is 7.19. The van der Waals surface area contributed by atoms with Gasteiger partial charge in [-0.1, -0.05) is 24.3 Å². The summed E-state index contributed by atoms with van der Waals surface area (Å²) in [4.78, 5) is 56.1. The number of rotatable bonds is 4. The molecule has 2 aromatic heterocycles. The van der Waals surface area contributed by atoms with Gasteiger partial charge in [-0.3, -0.25) is 14.4 Å². The molecular weight excluding hydrogens is 594 g/mol. The number of aromatic nitrogens is 2. The van der Waals surface area contributed by atoms with Gasteiger partial charge in [-0.05, 0) is 59.2 Å². The van der Waals surface area contributed by atoms with Crippen molar-refractivity contribution in [2.24, 2.45) is 5.73 Å². The van der Waals surface area contributed by atoms with E-state index in [0.29, 0.717) is 35.5 Å². The molecule has 0 atom stereocenters. The van der Waals surface area contributed by atoms with Crippen molar-refractivity contribution in [2.75, 3.05) is 24.3 Å². The van der Waals surface area contributed by atoms with Gasteiger partial charge in [0, 0.05) is 30.1 Å². The molecule has 13 heteroatoms. The highest BCUT2D eigenvalue weighted by Gasteiger charge is 2.27. The predicted octanol–water partition coefficient (Wildman–Crippen LogP) is 2.77. The average Bonchev–Trinajstić information content (AvgIpc) is 3.40. The average molecular weight is 622 g/mol. The Labute approximate surface area is 254 Å². The lowest BCUT2D eigenvalue weighted by molar-refractivity contribution is 0.0683. The molecule has 0 radical (unpaired) electrons. The maximum Gasteiger partial charge on any atom is 0.372 e. The Kier molecular flexibility index (Phi) is 8.10. The summed E-state index contributed by atoms with van der Waals surface area (Å²) in [6.07, 6.45) is 2.51. The second-order valence-electron chi connectivity index (χ2n) is 10.2. The number of aromatic amines is 1. The van der Waals surface area contributed by atoms with E-state index in [0.717, 1.165) is 57.7 Å². The molecule has 5 aromatic rings. The normalized spacial score (nSPS) is 13.3. The van der Waals surface area contributed by atoms with Gasteiger partial charge in [0.05, 0.1) is 12.5 Å². The SMILES string of the molecule is COc1ccc2c(c1)CCc1sc3nc(C(=O)O)[nH]c(=O)c3c1-2.Cl.NCc1ccc2c(c1)CN(c1c(N)c(=O)c1=O)CC2. The number of ether oxygens (including phenoxy) is 1. The van der Waals surface area contributed by atoms with Crippen LogP contribution < -0.4 is 37.5 Å². The van der Waals surface area contributed by atoms with Crippen LogP contribution in [0.25, 0.3) is 21.3 Å². The topological polar surface area (TPSA) is 182 Å². The Balaban J connectivity index is 0.000000170. The largest absolute Gasteiger partial charge is 0.497 e. The Morgan fingerprint density at radius 2 is 1.86 bits per heavy atom. The number of hydrogen-bond donors (Lipinski definition) is 4. The lowest BCUT2D eigenvalue weighted by atomic mass is 9.89. The lowest BCUT2D eigenvalue weighted by Gasteiger charge is -2.31. The number of nitrogens with two attached hydrogens (primary N) is 2. The van der Waals surface area contributed by atoms with E-state index in [1.54, 1.807) is 7.11 Å². The summed E-state index contributed by atoms with van der Waals surface area (Å²) in [5.74, 6) is -0.775. The number of aromatic carboxylic acids is 1. The highest BCUT2D eigenvalue weighted by atomic mass is 35.5. The minimum atomic E-state index is -1.24. The fourth-order valence-electron chi connectivity index (χ4n) is 5.65. The van der Waals surface area contributed by atoms with Gasteiger partial charge in [0.25, 0.3) is 16.4 Å². The molecule has 0 saturated heterocycles. The Morgan fingerprint density at radius 3 is 2.56 bits per heavy atom. The third-order valence-corrected chi connectivity index (χ3v) is 8.94. The van der Waals surface area contributed by atoms with E-state index in [1.165, 1.54) is 16.9 Å². The fourth-order valence-corrected chi connectivity index (χ4v) is 6.84. The molecule has 1 aliphatic carbocycles. The van der Waals surface area contributed by atoms with Crippen molar-refractivity contribution < 1.29 is 14.6 Å². The number of halogens is 1. The van der Waals surface area contributed by atoms with Crippen LogP contribution in [0.3, 0.4) is 0 Å². The van der Waals surface area contributed by atoms with Gasteiger partial charge < -0.3 is 31.2 Å². The van der Waals surface area contributed by atoms with E-state index in [9.17, 15) is 19.2 Å². The zero-order valence-corrected chi connectivity index (χ0v) is 24.7. The summed E-state index contributed by atoms with van der Waals surface area (Å²) < 4.78 is 5.26. The summed E-state index contributed by atoms with van der Waals surface area (Å²) in [7, 11) is 1.62. The van der Waals surface area contributed by atoms with Crippen LogP contribution in [0.1, 0.15) is 37.7 Å². The van der Waals surface area contributed by atoms with Crippen LogP contribution in [0.5, 0.6) is 5.75 Å². The zero-order chi connectivity index (χ0) is 29.7. The number of thiophene rings is 1. The van der Waals surface area contributed by atoms with Crippen molar-refractivity contribution in [3.63, 3.8) is 0 Å². The molecule has 0 saturated carbocycles. The van der Waals surface area contributed by atoms with Crippen molar-refractivity contribution in [2.45, 2.75) is 32.4 Å². The number of carboxylic acids is 1. The molecule has 43 heavy (non-hydrogen) atoms. The van der Waals surface area contributed by atoms with Crippen LogP contribution in [-0.2, 0) is 32.4 Å². The van der Waals surface area contributed by atoms with Crippen LogP contribution in [0.2, 0.25) is 0 Å². The molecule has 3 aromatic carbocycles. The number of nitrogens with zero attached hydrogens (tertiary/aromatic N) is 2. The number of nitrogens with one attached hydrogen (secondary N) is 1. The molecule has 7 rings (SSSR count). The number of methoxy groups -OCH3 is 1. The van der Waals surface area contributed by atoms with Crippen molar-refractivity contribution in [3.8, 4) is 16.9 Å². The van der Waals surface area contributed by atoms with E-state index in [2.05, 4.69) is 22.1 Å². The van der Waals surface area contributed by atoms with Crippen molar-refractivity contribution in [3.05, 3.63) is 100 Å². The maximum absolute atomic E-state index is 12.4. The van der Waals surface area contributed by atoms with Gasteiger partial charge in [0.2, 0.25) is 5.82 Å². The third-order valence-electron chi connectivity index (χ3n) is 7.80. The molecule has 0 fully saturated rings. The van der Waals surface area contributed by atoms with E-state index in [4.69, 9.17) is 21.3 Å². The van der Waals surface area contributed by atoms with Gasteiger partial charge in [-0.2, -0.15) is 0 Å². The molecular formula is C30H28ClN5O6S. The first-order chi connectivity index (χ1) is 20.2. The molecule has 1 aliphatic heterocycles. The molecule has 6 N–H and O–H groups in total. The standard InChI is InChI=1S/C16H12N2O4S.C14H15N3O2.ClH/c1-22-8-3-4-9-7(6-8)2-5-10-11(9)12-14(19)17-13(16(20)21)18-15(12)23-10;15-6-8-1-2-9-3-4-17(7-10(9)5-8)12-11(16)13(18)14(12)19;/h3-4,6H,2,5H2,1H3,(H,20,21)(H,17,18,19);1-2,5H,3-4,6-7,15-16H2;1H. The van der Waals surface area contributed by atoms with Crippen molar-refractivity contribution in [1.29, 1.82) is 0 Å². The van der Waals surface area contributed by atoms with Gasteiger partial charge in [-0.15, -0.1) is 23.7 Å². The second-order valence-corrected chi connectivity index (χ2v) is 11.3. The van der Waals surface area contributed by atoms with Crippen LogP contribution in [0.15, 0.2) is 50.8 Å². The first-order valence-electron chi connectivity index (χ1n) is 13.3. The van der Waals surface area contributed by atoms with Gasteiger partial charge >= 0.3 is 5.97 Å². The van der Waals surface area contributed by atoms with Crippen LogP contribution in [-0.4, -0.2) is 34.7 Å². The molecule has 2 aliphatic rings. The lowest BCUT2D eigenvalue weighted by Crippen LogP contribution is -2.44. The van der Waals surface area contributed by atoms with Gasteiger partial charge in [0.15, 0.2) is 0 Å². The Bertz CT molecular complexity index is 2030. The van der Waals surface area contributed by atoms with Gasteiger partial charge in [-0.25, -0.2) is 9.78 Å².